The van der Waals surface area contributed by atoms with Gasteiger partial charge in [0, 0.05) is 22.8 Å². The fourth-order valence-electron chi connectivity index (χ4n) is 1.06. The van der Waals surface area contributed by atoms with Crippen LogP contribution in [0.25, 0.3) is 0 Å². The van der Waals surface area contributed by atoms with Crippen molar-refractivity contribution in [2.45, 2.75) is 4.90 Å². The molecule has 6 heteroatoms. The summed E-state index contributed by atoms with van der Waals surface area (Å²) in [7, 11) is 1.36. The summed E-state index contributed by atoms with van der Waals surface area (Å²) in [6.07, 6.45) is 1.53. The number of nitrogens with one attached hydrogen (secondary N) is 1. The zero-order valence-corrected chi connectivity index (χ0v) is 9.88. The molecule has 0 fully saturated rings. The van der Waals surface area contributed by atoms with E-state index < -0.39 is 9.05 Å². The van der Waals surface area contributed by atoms with Crippen LogP contribution in [0.4, 0.5) is 0 Å². The standard InChI is InChI=1S/C10H10ClNO3S/c1-2-6-12-10(13)8-4-3-5-9(7-8)16(11,14)15/h2-5,7H,1,6H2,(H,12,13). The molecule has 1 aromatic rings. The molecule has 0 bridgehead atoms. The van der Waals surface area contributed by atoms with Crippen LogP contribution in [0.3, 0.4) is 0 Å². The minimum atomic E-state index is -3.81. The average Bonchev–Trinajstić information content (AvgIpc) is 2.25. The minimum absolute atomic E-state index is 0.0968. The van der Waals surface area contributed by atoms with Crippen molar-refractivity contribution in [2.24, 2.45) is 0 Å². The average molecular weight is 260 g/mol. The Morgan fingerprint density at radius 1 is 1.50 bits per heavy atom. The van der Waals surface area contributed by atoms with Crippen molar-refractivity contribution in [1.29, 1.82) is 0 Å². The summed E-state index contributed by atoms with van der Waals surface area (Å²) in [6.45, 7) is 3.77. The molecular weight excluding hydrogens is 250 g/mol. The van der Waals surface area contributed by atoms with E-state index in [4.69, 9.17) is 10.7 Å². The predicted molar refractivity (Wildman–Crippen MR) is 62.0 cm³/mol. The highest BCUT2D eigenvalue weighted by Crippen LogP contribution is 2.15. The van der Waals surface area contributed by atoms with Gasteiger partial charge >= 0.3 is 0 Å². The molecule has 0 atom stereocenters. The van der Waals surface area contributed by atoms with Crippen molar-refractivity contribution in [2.75, 3.05) is 6.54 Å². The molecule has 1 amide bonds. The first-order chi connectivity index (χ1) is 7.45. The van der Waals surface area contributed by atoms with E-state index in [0.717, 1.165) is 0 Å². The van der Waals surface area contributed by atoms with Crippen LogP contribution in [0.1, 0.15) is 10.4 Å². The molecule has 0 saturated carbocycles. The first kappa shape index (κ1) is 12.7. The maximum absolute atomic E-state index is 11.5. The number of rotatable bonds is 4. The van der Waals surface area contributed by atoms with Gasteiger partial charge in [-0.05, 0) is 18.2 Å². The maximum atomic E-state index is 11.5. The maximum Gasteiger partial charge on any atom is 0.261 e. The topological polar surface area (TPSA) is 63.2 Å². The lowest BCUT2D eigenvalue weighted by molar-refractivity contribution is 0.0958. The van der Waals surface area contributed by atoms with Crippen molar-refractivity contribution in [3.05, 3.63) is 42.5 Å². The van der Waals surface area contributed by atoms with E-state index in [1.807, 2.05) is 0 Å². The first-order valence-electron chi connectivity index (χ1n) is 4.39. The van der Waals surface area contributed by atoms with Gasteiger partial charge in [-0.3, -0.25) is 4.79 Å². The third-order valence-electron chi connectivity index (χ3n) is 1.78. The predicted octanol–water partition coefficient (Wildman–Crippen LogP) is 1.53. The number of amides is 1. The van der Waals surface area contributed by atoms with Gasteiger partial charge in [0.25, 0.3) is 15.0 Å². The summed E-state index contributed by atoms with van der Waals surface area (Å²) < 4.78 is 22.1. The summed E-state index contributed by atoms with van der Waals surface area (Å²) in [5.74, 6) is -0.373. The van der Waals surface area contributed by atoms with Gasteiger partial charge in [-0.25, -0.2) is 8.42 Å². The van der Waals surface area contributed by atoms with Crippen LogP contribution in [0.15, 0.2) is 41.8 Å². The van der Waals surface area contributed by atoms with Crippen molar-refractivity contribution in [3.8, 4) is 0 Å². The van der Waals surface area contributed by atoms with Gasteiger partial charge in [0.05, 0.1) is 4.90 Å². The van der Waals surface area contributed by atoms with Crippen LogP contribution >= 0.6 is 10.7 Å². The molecule has 0 unspecified atom stereocenters. The van der Waals surface area contributed by atoms with Crippen LogP contribution < -0.4 is 5.32 Å². The molecule has 0 aliphatic heterocycles. The van der Waals surface area contributed by atoms with Crippen LogP contribution in [0, 0.1) is 0 Å². The van der Waals surface area contributed by atoms with E-state index in [2.05, 4.69) is 11.9 Å². The Hall–Kier alpha value is -1.33. The van der Waals surface area contributed by atoms with Crippen LogP contribution in [0.2, 0.25) is 0 Å². The molecule has 4 nitrogen and oxygen atoms in total. The molecule has 0 saturated heterocycles. The summed E-state index contributed by atoms with van der Waals surface area (Å²) in [6, 6.07) is 5.51. The van der Waals surface area contributed by atoms with Gasteiger partial charge in [-0.1, -0.05) is 12.1 Å². The molecule has 1 N–H and O–H groups in total. The Kier molecular flexibility index (Phi) is 4.09. The fourth-order valence-corrected chi connectivity index (χ4v) is 1.85. The first-order valence-corrected chi connectivity index (χ1v) is 6.70. The molecule has 0 aliphatic carbocycles. The number of halogens is 1. The normalized spacial score (nSPS) is 10.8. The summed E-state index contributed by atoms with van der Waals surface area (Å²) in [4.78, 5) is 11.4. The Morgan fingerprint density at radius 2 is 2.19 bits per heavy atom. The summed E-state index contributed by atoms with van der Waals surface area (Å²) in [5.41, 5.74) is 0.239. The highest BCUT2D eigenvalue weighted by molar-refractivity contribution is 8.13. The van der Waals surface area contributed by atoms with Crippen LogP contribution in [-0.2, 0) is 9.05 Å². The number of hydrogen-bond acceptors (Lipinski definition) is 3. The quantitative estimate of drug-likeness (QED) is 0.659. The van der Waals surface area contributed by atoms with E-state index in [1.165, 1.54) is 30.3 Å². The van der Waals surface area contributed by atoms with Crippen molar-refractivity contribution in [1.82, 2.24) is 5.32 Å². The van der Waals surface area contributed by atoms with E-state index in [0.29, 0.717) is 6.54 Å². The van der Waals surface area contributed by atoms with Crippen molar-refractivity contribution in [3.63, 3.8) is 0 Å². The number of carbonyl (C=O) groups excluding carboxylic acids is 1. The third kappa shape index (κ3) is 3.36. The Balaban J connectivity index is 2.99. The smallest absolute Gasteiger partial charge is 0.261 e. The molecule has 0 spiro atoms. The lowest BCUT2D eigenvalue weighted by atomic mass is 10.2. The molecule has 86 valence electrons. The zero-order valence-electron chi connectivity index (χ0n) is 8.31. The molecular formula is C10H10ClNO3S. The lowest BCUT2D eigenvalue weighted by Crippen LogP contribution is -2.23. The number of benzene rings is 1. The SMILES string of the molecule is C=CCNC(=O)c1cccc(S(=O)(=O)Cl)c1. The highest BCUT2D eigenvalue weighted by atomic mass is 35.7. The molecule has 0 aromatic heterocycles. The second kappa shape index (κ2) is 5.14. The Bertz CT molecular complexity index is 511. The van der Waals surface area contributed by atoms with Crippen molar-refractivity contribution < 1.29 is 13.2 Å². The van der Waals surface area contributed by atoms with E-state index in [1.54, 1.807) is 0 Å². The minimum Gasteiger partial charge on any atom is -0.349 e. The lowest BCUT2D eigenvalue weighted by Gasteiger charge is -2.03. The largest absolute Gasteiger partial charge is 0.349 e. The molecule has 1 aromatic carbocycles. The van der Waals surface area contributed by atoms with E-state index >= 15 is 0 Å². The second-order valence-corrected chi connectivity index (χ2v) is 5.53. The third-order valence-corrected chi connectivity index (χ3v) is 3.14. The zero-order chi connectivity index (χ0) is 12.2. The van der Waals surface area contributed by atoms with E-state index in [-0.39, 0.29) is 16.4 Å². The van der Waals surface area contributed by atoms with E-state index in [9.17, 15) is 13.2 Å². The van der Waals surface area contributed by atoms with Gasteiger partial charge < -0.3 is 5.32 Å². The molecule has 0 radical (unpaired) electrons. The number of carbonyl (C=O) groups is 1. The monoisotopic (exact) mass is 259 g/mol. The van der Waals surface area contributed by atoms with Gasteiger partial charge in [-0.2, -0.15) is 0 Å². The highest BCUT2D eigenvalue weighted by Gasteiger charge is 2.12. The fraction of sp³-hybridized carbons (Fsp3) is 0.100. The molecule has 0 heterocycles. The van der Waals surface area contributed by atoms with Crippen LogP contribution in [0.5, 0.6) is 0 Å². The van der Waals surface area contributed by atoms with Gasteiger partial charge in [0.15, 0.2) is 0 Å². The van der Waals surface area contributed by atoms with Gasteiger partial charge in [-0.15, -0.1) is 6.58 Å². The second-order valence-electron chi connectivity index (χ2n) is 2.96. The molecule has 0 aliphatic rings. The van der Waals surface area contributed by atoms with Crippen LogP contribution in [-0.4, -0.2) is 20.9 Å². The Morgan fingerprint density at radius 3 is 2.75 bits per heavy atom. The molecule has 16 heavy (non-hydrogen) atoms. The molecule has 1 rings (SSSR count). The number of hydrogen-bond donors (Lipinski definition) is 1. The summed E-state index contributed by atoms with van der Waals surface area (Å²) >= 11 is 0. The van der Waals surface area contributed by atoms with Gasteiger partial charge in [0.2, 0.25) is 0 Å². The van der Waals surface area contributed by atoms with Crippen molar-refractivity contribution >= 4 is 25.6 Å². The Labute approximate surface area is 98.3 Å². The summed E-state index contributed by atoms with van der Waals surface area (Å²) in [5, 5.41) is 2.53. The van der Waals surface area contributed by atoms with Gasteiger partial charge in [0.1, 0.15) is 0 Å².